The molecular weight excluding hydrogens is 178 g/mol. The van der Waals surface area contributed by atoms with Gasteiger partial charge in [0.2, 0.25) is 0 Å². The molecule has 0 aliphatic heterocycles. The van der Waals surface area contributed by atoms with Gasteiger partial charge >= 0.3 is 5.97 Å². The van der Waals surface area contributed by atoms with Gasteiger partial charge in [-0.05, 0) is 23.9 Å². The molecule has 0 saturated heterocycles. The predicted molar refractivity (Wildman–Crippen MR) is 54.3 cm³/mol. The van der Waals surface area contributed by atoms with Crippen LogP contribution in [0.2, 0.25) is 0 Å². The molecule has 3 heteroatoms. The van der Waals surface area contributed by atoms with E-state index in [9.17, 15) is 4.79 Å². The van der Waals surface area contributed by atoms with Crippen molar-refractivity contribution in [3.63, 3.8) is 0 Å². The summed E-state index contributed by atoms with van der Waals surface area (Å²) < 4.78 is 15.5. The number of hydrogen-bond donors (Lipinski definition) is 2. The van der Waals surface area contributed by atoms with Crippen LogP contribution in [0.4, 0.5) is 0 Å². The lowest BCUT2D eigenvalue weighted by atomic mass is 10.2. The number of hydrogen-bond acceptors (Lipinski definition) is 1. The van der Waals surface area contributed by atoms with Crippen molar-refractivity contribution in [3.05, 3.63) is 36.0 Å². The van der Waals surface area contributed by atoms with Crippen molar-refractivity contribution in [1.82, 2.24) is 4.98 Å². The molecule has 0 spiro atoms. The summed E-state index contributed by atoms with van der Waals surface area (Å²) >= 11 is 0. The topological polar surface area (TPSA) is 53.1 Å². The van der Waals surface area contributed by atoms with E-state index in [4.69, 9.17) is 7.85 Å². The van der Waals surface area contributed by atoms with Crippen LogP contribution < -0.4 is 0 Å². The molecule has 0 atom stereocenters. The van der Waals surface area contributed by atoms with Gasteiger partial charge in [0.1, 0.15) is 0 Å². The van der Waals surface area contributed by atoms with Gasteiger partial charge in [-0.3, -0.25) is 4.79 Å². The minimum atomic E-state index is -0.885. The highest BCUT2D eigenvalue weighted by Gasteiger charge is 2.02. The SMILES string of the molecule is [2H]c1cccc2[nH]c(CCC(=O)O)c([2H])c12. The molecule has 0 bridgehead atoms. The highest BCUT2D eigenvalue weighted by molar-refractivity contribution is 5.80. The molecule has 2 N–H and O–H groups in total. The first kappa shape index (κ1) is 6.65. The van der Waals surface area contributed by atoms with Crippen molar-refractivity contribution < 1.29 is 12.6 Å². The lowest BCUT2D eigenvalue weighted by Gasteiger charge is -1.91. The van der Waals surface area contributed by atoms with Gasteiger partial charge in [0.15, 0.2) is 0 Å². The van der Waals surface area contributed by atoms with E-state index in [1.807, 2.05) is 0 Å². The molecule has 14 heavy (non-hydrogen) atoms. The van der Waals surface area contributed by atoms with E-state index >= 15 is 0 Å². The maximum atomic E-state index is 10.5. The van der Waals surface area contributed by atoms with E-state index in [1.165, 1.54) is 0 Å². The molecule has 1 aromatic heterocycles. The number of carbonyl (C=O) groups is 1. The van der Waals surface area contributed by atoms with Crippen molar-refractivity contribution >= 4 is 16.9 Å². The summed E-state index contributed by atoms with van der Waals surface area (Å²) in [6.45, 7) is 0. The molecule has 0 amide bonds. The van der Waals surface area contributed by atoms with Gasteiger partial charge in [0.25, 0.3) is 0 Å². The van der Waals surface area contributed by atoms with Gasteiger partial charge in [-0.25, -0.2) is 0 Å². The smallest absolute Gasteiger partial charge is 0.303 e. The summed E-state index contributed by atoms with van der Waals surface area (Å²) in [6, 6.07) is 5.68. The van der Waals surface area contributed by atoms with Crippen LogP contribution in [0.1, 0.15) is 14.9 Å². The Balaban J connectivity index is 2.44. The Morgan fingerprint density at radius 1 is 1.57 bits per heavy atom. The molecule has 0 unspecified atom stereocenters. The molecule has 72 valence electrons. The normalized spacial score (nSPS) is 12.6. The van der Waals surface area contributed by atoms with E-state index < -0.39 is 5.97 Å². The molecule has 1 heterocycles. The number of nitrogens with one attached hydrogen (secondary N) is 1. The maximum Gasteiger partial charge on any atom is 0.303 e. The summed E-state index contributed by atoms with van der Waals surface area (Å²) in [7, 11) is 0. The number of carboxylic acids is 1. The third-order valence-electron chi connectivity index (χ3n) is 2.01. The Hall–Kier alpha value is -1.77. The summed E-state index contributed by atoms with van der Waals surface area (Å²) in [5.41, 5.74) is 1.30. The fourth-order valence-electron chi connectivity index (χ4n) is 1.35. The second-order valence-corrected chi connectivity index (χ2v) is 3.08. The van der Waals surface area contributed by atoms with Crippen molar-refractivity contribution in [1.29, 1.82) is 0 Å². The molecule has 2 aromatic rings. The van der Waals surface area contributed by atoms with E-state index in [0.29, 0.717) is 23.5 Å². The van der Waals surface area contributed by atoms with Gasteiger partial charge in [0, 0.05) is 11.2 Å². The zero-order chi connectivity index (χ0) is 11.7. The second-order valence-electron chi connectivity index (χ2n) is 3.08. The minimum Gasteiger partial charge on any atom is -0.481 e. The van der Waals surface area contributed by atoms with Crippen molar-refractivity contribution in [2.75, 3.05) is 0 Å². The quantitative estimate of drug-likeness (QED) is 0.781. The number of H-pyrrole nitrogens is 1. The molecule has 0 aliphatic carbocycles. The first-order valence-corrected chi connectivity index (χ1v) is 4.38. The van der Waals surface area contributed by atoms with Crippen molar-refractivity contribution in [2.45, 2.75) is 12.8 Å². The van der Waals surface area contributed by atoms with Crippen LogP contribution in [0.25, 0.3) is 10.9 Å². The van der Waals surface area contributed by atoms with Crippen LogP contribution in [0, 0.1) is 0 Å². The Kier molecular flexibility index (Phi) is 1.68. The van der Waals surface area contributed by atoms with Crippen LogP contribution in [-0.4, -0.2) is 16.1 Å². The monoisotopic (exact) mass is 191 g/mol. The van der Waals surface area contributed by atoms with Crippen LogP contribution in [-0.2, 0) is 11.2 Å². The molecule has 2 rings (SSSR count). The lowest BCUT2D eigenvalue weighted by Crippen LogP contribution is -1.97. The first-order valence-electron chi connectivity index (χ1n) is 5.38. The zero-order valence-electron chi connectivity index (χ0n) is 9.50. The molecule has 0 radical (unpaired) electrons. The average molecular weight is 191 g/mol. The van der Waals surface area contributed by atoms with Gasteiger partial charge in [-0.2, -0.15) is 0 Å². The zero-order valence-corrected chi connectivity index (χ0v) is 7.50. The number of rotatable bonds is 3. The highest BCUT2D eigenvalue weighted by Crippen LogP contribution is 2.15. The van der Waals surface area contributed by atoms with E-state index in [-0.39, 0.29) is 12.5 Å². The summed E-state index contributed by atoms with van der Waals surface area (Å²) in [5.74, 6) is -0.885. The number of aliphatic carboxylic acids is 1. The summed E-state index contributed by atoms with van der Waals surface area (Å²) in [6.07, 6.45) is 0.286. The largest absolute Gasteiger partial charge is 0.481 e. The standard InChI is InChI=1S/C11H11NO2/c13-11(14)6-5-9-7-8-3-1-2-4-10(8)12-9/h1-4,7,12H,5-6H2,(H,13,14)/i3D,7D. The maximum absolute atomic E-state index is 10.5. The van der Waals surface area contributed by atoms with Crippen molar-refractivity contribution in [2.24, 2.45) is 0 Å². The lowest BCUT2D eigenvalue weighted by molar-refractivity contribution is -0.136. The second kappa shape index (κ2) is 3.54. The summed E-state index contributed by atoms with van der Waals surface area (Å²) in [5, 5.41) is 9.14. The van der Waals surface area contributed by atoms with Gasteiger partial charge < -0.3 is 10.1 Å². The Morgan fingerprint density at radius 3 is 3.14 bits per heavy atom. The number of para-hydroxylation sites is 1. The molecule has 0 fully saturated rings. The number of carboxylic acid groups (broad SMARTS) is 1. The number of benzene rings is 1. The van der Waals surface area contributed by atoms with Crippen LogP contribution in [0.3, 0.4) is 0 Å². The molecule has 3 nitrogen and oxygen atoms in total. The highest BCUT2D eigenvalue weighted by atomic mass is 16.4. The van der Waals surface area contributed by atoms with E-state index in [1.54, 1.807) is 18.2 Å². The molecule has 1 aromatic carbocycles. The van der Waals surface area contributed by atoms with Crippen LogP contribution in [0.5, 0.6) is 0 Å². The fraction of sp³-hybridized carbons (Fsp3) is 0.182. The Morgan fingerprint density at radius 2 is 2.43 bits per heavy atom. The number of aryl methyl sites for hydroxylation is 1. The van der Waals surface area contributed by atoms with Crippen molar-refractivity contribution in [3.8, 4) is 0 Å². The van der Waals surface area contributed by atoms with E-state index in [0.717, 1.165) is 5.52 Å². The number of fused-ring (bicyclic) bond motifs is 1. The molecular formula is C11H11NO2. The van der Waals surface area contributed by atoms with Gasteiger partial charge in [-0.1, -0.05) is 18.2 Å². The van der Waals surface area contributed by atoms with Crippen LogP contribution in [0.15, 0.2) is 30.3 Å². The summed E-state index contributed by atoms with van der Waals surface area (Å²) in [4.78, 5) is 13.4. The Bertz CT molecular complexity index is 548. The minimum absolute atomic E-state index is 0.00790. The third-order valence-corrected chi connectivity index (χ3v) is 2.01. The Labute approximate surface area is 84.2 Å². The first-order chi connectivity index (χ1) is 7.59. The molecule has 0 saturated carbocycles. The van der Waals surface area contributed by atoms with Gasteiger partial charge in [0.05, 0.1) is 9.16 Å². The fourth-order valence-corrected chi connectivity index (χ4v) is 1.35. The average Bonchev–Trinajstić information content (AvgIpc) is 2.54. The number of aromatic nitrogens is 1. The van der Waals surface area contributed by atoms with Crippen LogP contribution >= 0.6 is 0 Å². The predicted octanol–water partition coefficient (Wildman–Crippen LogP) is 2.19. The molecule has 0 aliphatic rings. The number of aromatic amines is 1. The van der Waals surface area contributed by atoms with Gasteiger partial charge in [-0.15, -0.1) is 0 Å². The van der Waals surface area contributed by atoms with E-state index in [2.05, 4.69) is 4.98 Å². The third kappa shape index (κ3) is 1.76.